The zero-order valence-electron chi connectivity index (χ0n) is 23.8. The van der Waals surface area contributed by atoms with Gasteiger partial charge in [0.2, 0.25) is 0 Å². The van der Waals surface area contributed by atoms with E-state index >= 15 is 0 Å². The molecule has 0 saturated carbocycles. The van der Waals surface area contributed by atoms with Crippen molar-refractivity contribution in [3.8, 4) is 0 Å². The topological polar surface area (TPSA) is 46.2 Å². The lowest BCUT2D eigenvalue weighted by molar-refractivity contribution is -0.267. The van der Waals surface area contributed by atoms with Gasteiger partial charge in [-0.1, -0.05) is 144 Å². The summed E-state index contributed by atoms with van der Waals surface area (Å²) >= 11 is 2.38. The van der Waals surface area contributed by atoms with E-state index in [0.717, 1.165) is 26.7 Å². The minimum absolute atomic E-state index is 0. The highest BCUT2D eigenvalue weighted by Gasteiger charge is 2.48. The van der Waals surface area contributed by atoms with Crippen molar-refractivity contribution in [2.24, 2.45) is 0 Å². The molecule has 0 bridgehead atoms. The molecule has 0 radical (unpaired) electrons. The van der Waals surface area contributed by atoms with E-state index in [-0.39, 0.29) is 34.3 Å². The first-order valence-electron chi connectivity index (χ1n) is 14.1. The van der Waals surface area contributed by atoms with Gasteiger partial charge in [0.1, 0.15) is 24.4 Å². The van der Waals surface area contributed by atoms with E-state index < -0.39 is 6.10 Å². The van der Waals surface area contributed by atoms with Gasteiger partial charge < -0.3 is 23.7 Å². The lowest BCUT2D eigenvalue weighted by Gasteiger charge is -2.46. The van der Waals surface area contributed by atoms with Gasteiger partial charge >= 0.3 is 0 Å². The maximum absolute atomic E-state index is 6.71. The maximum atomic E-state index is 6.71. The molecule has 1 aliphatic rings. The van der Waals surface area contributed by atoms with Gasteiger partial charge in [0.25, 0.3) is 0 Å². The first-order chi connectivity index (χ1) is 20.3. The SMILES string of the molecule is ICC1O[C@H](COCc2ccccc2)[C@H](OCc2ccccc2)[C@H](OCc2ccccc2)[C@H]1OCc1ccccc1.P. The molecule has 2 unspecified atom stereocenters. The quantitative estimate of drug-likeness (QED) is 0.0792. The molecular formula is C35H40IO5P. The van der Waals surface area contributed by atoms with Crippen LogP contribution in [0.15, 0.2) is 121 Å². The minimum atomic E-state index is -0.394. The van der Waals surface area contributed by atoms with Crippen molar-refractivity contribution >= 4 is 32.5 Å². The molecule has 222 valence electrons. The molecule has 1 heterocycles. The number of rotatable bonds is 14. The highest BCUT2D eigenvalue weighted by Crippen LogP contribution is 2.32. The summed E-state index contributed by atoms with van der Waals surface area (Å²) in [6, 6.07) is 40.9. The van der Waals surface area contributed by atoms with E-state index in [9.17, 15) is 0 Å². The molecule has 42 heavy (non-hydrogen) atoms. The van der Waals surface area contributed by atoms with Crippen LogP contribution in [0.25, 0.3) is 0 Å². The highest BCUT2D eigenvalue weighted by atomic mass is 127. The smallest absolute Gasteiger partial charge is 0.115 e. The predicted octanol–water partition coefficient (Wildman–Crippen LogP) is 7.22. The summed E-state index contributed by atoms with van der Waals surface area (Å²) in [5.41, 5.74) is 4.43. The second-order valence-corrected chi connectivity index (χ2v) is 11.0. The molecule has 0 spiro atoms. The van der Waals surface area contributed by atoms with Crippen LogP contribution in [0.1, 0.15) is 22.3 Å². The second kappa shape index (κ2) is 17.8. The Morgan fingerprint density at radius 2 is 0.833 bits per heavy atom. The summed E-state index contributed by atoms with van der Waals surface area (Å²) in [5.74, 6) is 0. The Bertz CT molecular complexity index is 1270. The molecule has 5 rings (SSSR count). The van der Waals surface area contributed by atoms with Gasteiger partial charge in [0, 0.05) is 4.43 Å². The number of ether oxygens (including phenoxy) is 5. The molecule has 4 aromatic carbocycles. The Kier molecular flexibility index (Phi) is 13.9. The average molecular weight is 699 g/mol. The van der Waals surface area contributed by atoms with E-state index in [1.54, 1.807) is 0 Å². The summed E-state index contributed by atoms with van der Waals surface area (Å²) in [5, 5.41) is 0. The van der Waals surface area contributed by atoms with E-state index in [0.29, 0.717) is 33.0 Å². The summed E-state index contributed by atoms with van der Waals surface area (Å²) in [4.78, 5) is 0. The largest absolute Gasteiger partial charge is 0.374 e. The van der Waals surface area contributed by atoms with Crippen LogP contribution in [0, 0.1) is 0 Å². The predicted molar refractivity (Wildman–Crippen MR) is 180 cm³/mol. The third-order valence-corrected chi connectivity index (χ3v) is 8.00. The Labute approximate surface area is 266 Å². The van der Waals surface area contributed by atoms with Crippen molar-refractivity contribution in [2.75, 3.05) is 11.0 Å². The monoisotopic (exact) mass is 698 g/mol. The van der Waals surface area contributed by atoms with E-state index in [2.05, 4.69) is 71.1 Å². The number of hydrogen-bond acceptors (Lipinski definition) is 5. The standard InChI is InChI=1S/C35H37IO5.H3P/c36-21-31-33(38-23-28-15-7-2-8-16-28)35(40-25-30-19-11-4-12-20-30)34(39-24-29-17-9-3-10-18-29)32(41-31)26-37-22-27-13-5-1-6-14-27;/h1-20,31-35H,21-26H2;1H3/t31?,32-,33+,34+,35-;/m1./s1. The fraction of sp³-hybridized carbons (Fsp3) is 0.314. The molecule has 0 aliphatic carbocycles. The first-order valence-corrected chi connectivity index (χ1v) is 15.6. The van der Waals surface area contributed by atoms with Crippen molar-refractivity contribution in [1.29, 1.82) is 0 Å². The minimum Gasteiger partial charge on any atom is -0.374 e. The van der Waals surface area contributed by atoms with Crippen LogP contribution in [0.4, 0.5) is 0 Å². The van der Waals surface area contributed by atoms with Crippen LogP contribution in [0.2, 0.25) is 0 Å². The highest BCUT2D eigenvalue weighted by molar-refractivity contribution is 14.1. The zero-order valence-corrected chi connectivity index (χ0v) is 27.4. The fourth-order valence-electron chi connectivity index (χ4n) is 5.01. The number of hydrogen-bond donors (Lipinski definition) is 0. The van der Waals surface area contributed by atoms with Crippen LogP contribution in [0.5, 0.6) is 0 Å². The van der Waals surface area contributed by atoms with Gasteiger partial charge in [0.15, 0.2) is 0 Å². The van der Waals surface area contributed by atoms with Crippen molar-refractivity contribution in [1.82, 2.24) is 0 Å². The molecule has 4 aromatic rings. The van der Waals surface area contributed by atoms with Crippen LogP contribution >= 0.6 is 32.5 Å². The van der Waals surface area contributed by atoms with E-state index in [4.69, 9.17) is 23.7 Å². The number of halogens is 1. The Morgan fingerprint density at radius 1 is 0.476 bits per heavy atom. The van der Waals surface area contributed by atoms with Crippen LogP contribution < -0.4 is 0 Å². The van der Waals surface area contributed by atoms with Crippen LogP contribution in [-0.4, -0.2) is 41.6 Å². The number of benzene rings is 4. The number of alkyl halides is 1. The Hall–Kier alpha value is -2.16. The van der Waals surface area contributed by atoms with Gasteiger partial charge in [-0.3, -0.25) is 0 Å². The molecular weight excluding hydrogens is 658 g/mol. The molecule has 1 fully saturated rings. The zero-order chi connectivity index (χ0) is 28.1. The molecule has 7 heteroatoms. The summed E-state index contributed by atoms with van der Waals surface area (Å²) in [6.07, 6.45) is -1.57. The van der Waals surface area contributed by atoms with E-state index in [1.807, 2.05) is 72.8 Å². The normalized spacial score (nSPS) is 21.9. The van der Waals surface area contributed by atoms with Crippen molar-refractivity contribution in [3.05, 3.63) is 144 Å². The summed E-state index contributed by atoms with van der Waals surface area (Å²) < 4.78 is 33.6. The molecule has 0 amide bonds. The van der Waals surface area contributed by atoms with Gasteiger partial charge in [-0.2, -0.15) is 9.90 Å². The van der Waals surface area contributed by atoms with Crippen molar-refractivity contribution in [3.63, 3.8) is 0 Å². The lowest BCUT2D eigenvalue weighted by Crippen LogP contribution is -2.61. The third-order valence-electron chi connectivity index (χ3n) is 7.13. The molecule has 1 saturated heterocycles. The summed E-state index contributed by atoms with van der Waals surface area (Å²) in [7, 11) is 0. The van der Waals surface area contributed by atoms with Crippen molar-refractivity contribution in [2.45, 2.75) is 56.9 Å². The lowest BCUT2D eigenvalue weighted by atomic mass is 9.94. The van der Waals surface area contributed by atoms with Crippen LogP contribution in [0.3, 0.4) is 0 Å². The van der Waals surface area contributed by atoms with Gasteiger partial charge in [-0.25, -0.2) is 0 Å². The molecule has 6 atom stereocenters. The fourth-order valence-corrected chi connectivity index (χ4v) is 5.72. The summed E-state index contributed by atoms with van der Waals surface area (Å²) in [6.45, 7) is 2.25. The van der Waals surface area contributed by atoms with E-state index in [1.165, 1.54) is 0 Å². The third kappa shape index (κ3) is 9.68. The van der Waals surface area contributed by atoms with Crippen LogP contribution in [-0.2, 0) is 50.1 Å². The maximum Gasteiger partial charge on any atom is 0.115 e. The van der Waals surface area contributed by atoms with Gasteiger partial charge in [0.05, 0.1) is 39.1 Å². The molecule has 0 N–H and O–H groups in total. The Balaban J connectivity index is 0.00000405. The second-order valence-electron chi connectivity index (χ2n) is 10.2. The first kappa shape index (κ1) is 32.7. The van der Waals surface area contributed by atoms with Gasteiger partial charge in [-0.05, 0) is 22.3 Å². The molecule has 1 aliphatic heterocycles. The Morgan fingerprint density at radius 3 is 1.24 bits per heavy atom. The molecule has 5 nitrogen and oxygen atoms in total. The van der Waals surface area contributed by atoms with Crippen molar-refractivity contribution < 1.29 is 23.7 Å². The molecule has 0 aromatic heterocycles. The van der Waals surface area contributed by atoms with Gasteiger partial charge in [-0.15, -0.1) is 0 Å². The average Bonchev–Trinajstić information content (AvgIpc) is 3.04.